The predicted octanol–water partition coefficient (Wildman–Crippen LogP) is 1.73. The van der Waals surface area contributed by atoms with Crippen LogP contribution in [-0.4, -0.2) is 9.97 Å². The van der Waals surface area contributed by atoms with Gasteiger partial charge in [0.05, 0.1) is 27.8 Å². The van der Waals surface area contributed by atoms with Gasteiger partial charge in [0.15, 0.2) is 0 Å². The summed E-state index contributed by atoms with van der Waals surface area (Å²) < 4.78 is 0. The summed E-state index contributed by atoms with van der Waals surface area (Å²) in [6.07, 6.45) is 0. The van der Waals surface area contributed by atoms with E-state index in [2.05, 4.69) is 9.97 Å². The number of nitrogens with zero attached hydrogens (tertiary/aromatic N) is 1. The molecule has 0 saturated heterocycles. The standard InChI is InChI=1S/C12H10N4/c13-7-1-3-9-11(5-7)16-12-6-8(14)2-4-10(12)15-9/h1-6,13,16H,14H2. The molecule has 0 aromatic heterocycles. The number of anilines is 1. The van der Waals surface area contributed by atoms with Crippen molar-refractivity contribution in [3.63, 3.8) is 0 Å². The van der Waals surface area contributed by atoms with Crippen molar-refractivity contribution < 1.29 is 0 Å². The van der Waals surface area contributed by atoms with Gasteiger partial charge in [-0.25, -0.2) is 4.98 Å². The van der Waals surface area contributed by atoms with E-state index in [1.807, 2.05) is 24.3 Å². The first-order valence-corrected chi connectivity index (χ1v) is 4.96. The third-order valence-corrected chi connectivity index (χ3v) is 2.53. The number of nitrogen functional groups attached to an aromatic ring is 1. The van der Waals surface area contributed by atoms with Gasteiger partial charge in [0.2, 0.25) is 0 Å². The van der Waals surface area contributed by atoms with Crippen molar-refractivity contribution in [1.29, 1.82) is 5.41 Å². The SMILES string of the molecule is N=c1ccc2nc3ccc(N)cc3[nH]c-2c1. The molecule has 0 amide bonds. The van der Waals surface area contributed by atoms with Crippen LogP contribution < -0.4 is 11.1 Å². The summed E-state index contributed by atoms with van der Waals surface area (Å²) in [6, 6.07) is 10.9. The van der Waals surface area contributed by atoms with Crippen LogP contribution in [0.3, 0.4) is 0 Å². The molecule has 16 heavy (non-hydrogen) atoms. The third kappa shape index (κ3) is 1.32. The van der Waals surface area contributed by atoms with Gasteiger partial charge in [-0.2, -0.15) is 0 Å². The van der Waals surface area contributed by atoms with Crippen molar-refractivity contribution in [2.45, 2.75) is 0 Å². The van der Waals surface area contributed by atoms with Crippen molar-refractivity contribution >= 4 is 16.7 Å². The summed E-state index contributed by atoms with van der Waals surface area (Å²) in [4.78, 5) is 7.72. The molecule has 4 heteroatoms. The Bertz CT molecular complexity index is 699. The Hall–Kier alpha value is -2.36. The largest absolute Gasteiger partial charge is 0.399 e. The highest BCUT2D eigenvalue weighted by atomic mass is 14.8. The highest BCUT2D eigenvalue weighted by molar-refractivity contribution is 5.81. The molecule has 4 N–H and O–H groups in total. The monoisotopic (exact) mass is 210 g/mol. The summed E-state index contributed by atoms with van der Waals surface area (Å²) in [6.45, 7) is 0. The molecule has 1 aromatic rings. The molecule has 0 fully saturated rings. The molecule has 1 aromatic carbocycles. The Kier molecular flexibility index (Phi) is 1.71. The lowest BCUT2D eigenvalue weighted by Gasteiger charge is -2.07. The fourth-order valence-electron chi connectivity index (χ4n) is 1.76. The zero-order chi connectivity index (χ0) is 11.1. The number of rotatable bonds is 0. The molecule has 1 heterocycles. The Morgan fingerprint density at radius 2 is 2.00 bits per heavy atom. The van der Waals surface area contributed by atoms with Gasteiger partial charge in [0, 0.05) is 5.69 Å². The molecular formula is C12H10N4. The van der Waals surface area contributed by atoms with E-state index in [1.165, 1.54) is 0 Å². The lowest BCUT2D eigenvalue weighted by Crippen LogP contribution is -2.02. The third-order valence-electron chi connectivity index (χ3n) is 2.53. The number of nitrogens with two attached hydrogens (primary N) is 1. The van der Waals surface area contributed by atoms with Crippen LogP contribution in [0, 0.1) is 5.41 Å². The highest BCUT2D eigenvalue weighted by Gasteiger charge is 2.05. The fourth-order valence-corrected chi connectivity index (χ4v) is 1.76. The summed E-state index contributed by atoms with van der Waals surface area (Å²) in [5.74, 6) is 0. The molecule has 0 bridgehead atoms. The molecular weight excluding hydrogens is 200 g/mol. The second-order valence-electron chi connectivity index (χ2n) is 3.75. The second-order valence-corrected chi connectivity index (χ2v) is 3.75. The molecule has 0 radical (unpaired) electrons. The van der Waals surface area contributed by atoms with Crippen molar-refractivity contribution in [3.05, 3.63) is 41.8 Å². The molecule has 2 aliphatic rings. The number of hydrogen-bond donors (Lipinski definition) is 3. The van der Waals surface area contributed by atoms with Gasteiger partial charge in [-0.3, -0.25) is 0 Å². The average Bonchev–Trinajstić information content (AvgIpc) is 2.26. The topological polar surface area (TPSA) is 78.6 Å². The fraction of sp³-hybridized carbons (Fsp3) is 0. The number of H-pyrrole nitrogens is 1. The number of nitrogens with one attached hydrogen (secondary N) is 2. The zero-order valence-corrected chi connectivity index (χ0v) is 8.49. The summed E-state index contributed by atoms with van der Waals surface area (Å²) >= 11 is 0. The van der Waals surface area contributed by atoms with Crippen molar-refractivity contribution in [3.8, 4) is 11.4 Å². The first kappa shape index (κ1) is 8.91. The van der Waals surface area contributed by atoms with Crippen molar-refractivity contribution in [2.75, 3.05) is 5.73 Å². The van der Waals surface area contributed by atoms with E-state index in [-0.39, 0.29) is 0 Å². The number of hydrogen-bond acceptors (Lipinski definition) is 3. The predicted molar refractivity (Wildman–Crippen MR) is 63.0 cm³/mol. The number of fused-ring (bicyclic) bond motifs is 2. The molecule has 0 atom stereocenters. The van der Waals surface area contributed by atoms with Crippen molar-refractivity contribution in [2.24, 2.45) is 0 Å². The van der Waals surface area contributed by atoms with Gasteiger partial charge in [-0.1, -0.05) is 0 Å². The Morgan fingerprint density at radius 3 is 2.88 bits per heavy atom. The van der Waals surface area contributed by atoms with Crippen LogP contribution in [0.4, 0.5) is 5.69 Å². The van der Waals surface area contributed by atoms with Crippen LogP contribution in [0.15, 0.2) is 36.4 Å². The van der Waals surface area contributed by atoms with Crippen molar-refractivity contribution in [1.82, 2.24) is 9.97 Å². The molecule has 0 unspecified atom stereocenters. The second kappa shape index (κ2) is 3.06. The van der Waals surface area contributed by atoms with Crippen LogP contribution in [0.5, 0.6) is 0 Å². The van der Waals surface area contributed by atoms with Gasteiger partial charge in [-0.15, -0.1) is 0 Å². The Labute approximate surface area is 91.6 Å². The van der Waals surface area contributed by atoms with Crippen LogP contribution in [-0.2, 0) is 0 Å². The molecule has 3 rings (SSSR count). The maximum Gasteiger partial charge on any atom is 0.0874 e. The first-order valence-electron chi connectivity index (χ1n) is 4.96. The van der Waals surface area contributed by atoms with Gasteiger partial charge in [-0.05, 0) is 36.4 Å². The maximum absolute atomic E-state index is 7.55. The summed E-state index contributed by atoms with van der Waals surface area (Å²) in [7, 11) is 0. The van der Waals surface area contributed by atoms with Crippen LogP contribution >= 0.6 is 0 Å². The minimum atomic E-state index is 0.466. The normalized spacial score (nSPS) is 11.0. The van der Waals surface area contributed by atoms with E-state index < -0.39 is 0 Å². The quantitative estimate of drug-likeness (QED) is 0.390. The van der Waals surface area contributed by atoms with Gasteiger partial charge in [0.25, 0.3) is 0 Å². The lowest BCUT2D eigenvalue weighted by atomic mass is 10.2. The minimum Gasteiger partial charge on any atom is -0.399 e. The van der Waals surface area contributed by atoms with Crippen LogP contribution in [0.1, 0.15) is 0 Å². The lowest BCUT2D eigenvalue weighted by molar-refractivity contribution is 1.21. The average molecular weight is 210 g/mol. The van der Waals surface area contributed by atoms with E-state index in [4.69, 9.17) is 11.1 Å². The highest BCUT2D eigenvalue weighted by Crippen LogP contribution is 2.20. The summed E-state index contributed by atoms with van der Waals surface area (Å²) in [5, 5.41) is 8.02. The van der Waals surface area contributed by atoms with E-state index in [1.54, 1.807) is 12.1 Å². The van der Waals surface area contributed by atoms with Gasteiger partial charge < -0.3 is 16.1 Å². The Balaban J connectivity index is 2.46. The zero-order valence-electron chi connectivity index (χ0n) is 8.49. The molecule has 4 nitrogen and oxygen atoms in total. The molecule has 78 valence electrons. The minimum absolute atomic E-state index is 0.466. The van der Waals surface area contributed by atoms with Crippen LogP contribution in [0.25, 0.3) is 22.4 Å². The van der Waals surface area contributed by atoms with E-state index in [9.17, 15) is 0 Å². The first-order chi connectivity index (χ1) is 7.72. The number of aromatic amines is 1. The van der Waals surface area contributed by atoms with E-state index in [0.29, 0.717) is 11.0 Å². The number of aromatic nitrogens is 2. The van der Waals surface area contributed by atoms with E-state index >= 15 is 0 Å². The van der Waals surface area contributed by atoms with E-state index in [0.717, 1.165) is 22.4 Å². The van der Waals surface area contributed by atoms with Gasteiger partial charge >= 0.3 is 0 Å². The molecule has 0 saturated carbocycles. The smallest absolute Gasteiger partial charge is 0.0874 e. The number of benzene rings is 2. The summed E-state index contributed by atoms with van der Waals surface area (Å²) in [5.41, 5.74) is 9.88. The van der Waals surface area contributed by atoms with Gasteiger partial charge in [0.1, 0.15) is 0 Å². The maximum atomic E-state index is 7.55. The Morgan fingerprint density at radius 1 is 1.12 bits per heavy atom. The molecule has 1 aliphatic heterocycles. The molecule has 1 aliphatic carbocycles. The van der Waals surface area contributed by atoms with Crippen LogP contribution in [0.2, 0.25) is 0 Å². The molecule has 0 spiro atoms.